The number of anilines is 1. The zero-order chi connectivity index (χ0) is 18.4. The van der Waals surface area contributed by atoms with Crippen LogP contribution in [-0.4, -0.2) is 23.2 Å². The van der Waals surface area contributed by atoms with Gasteiger partial charge in [0.2, 0.25) is 11.0 Å². The molecular formula is C18H16FN3O2S2. The van der Waals surface area contributed by atoms with E-state index in [0.29, 0.717) is 26.5 Å². The van der Waals surface area contributed by atoms with Gasteiger partial charge in [-0.25, -0.2) is 4.39 Å². The number of thioether (sulfide) groups is 1. The van der Waals surface area contributed by atoms with Gasteiger partial charge in [-0.2, -0.15) is 0 Å². The van der Waals surface area contributed by atoms with Gasteiger partial charge in [-0.1, -0.05) is 59.5 Å². The van der Waals surface area contributed by atoms with E-state index in [1.807, 2.05) is 24.3 Å². The number of rotatable bonds is 7. The number of ether oxygens (including phenoxy) is 1. The number of amides is 1. The summed E-state index contributed by atoms with van der Waals surface area (Å²) in [7, 11) is 1.57. The monoisotopic (exact) mass is 389 g/mol. The van der Waals surface area contributed by atoms with Gasteiger partial charge in [0.15, 0.2) is 4.34 Å². The number of carbonyl (C=O) groups excluding carboxylic acids is 1. The van der Waals surface area contributed by atoms with Crippen molar-refractivity contribution in [1.29, 1.82) is 0 Å². The predicted molar refractivity (Wildman–Crippen MR) is 101 cm³/mol. The number of benzene rings is 2. The molecule has 1 amide bonds. The first kappa shape index (κ1) is 18.3. The van der Waals surface area contributed by atoms with E-state index in [-0.39, 0.29) is 18.1 Å². The highest BCUT2D eigenvalue weighted by molar-refractivity contribution is 8.00. The van der Waals surface area contributed by atoms with Crippen molar-refractivity contribution in [2.24, 2.45) is 0 Å². The van der Waals surface area contributed by atoms with Crippen LogP contribution in [-0.2, 0) is 17.0 Å². The number of aromatic nitrogens is 2. The molecule has 5 nitrogen and oxygen atoms in total. The summed E-state index contributed by atoms with van der Waals surface area (Å²) in [6.45, 7) is 0. The Morgan fingerprint density at radius 1 is 1.15 bits per heavy atom. The van der Waals surface area contributed by atoms with Crippen molar-refractivity contribution in [3.63, 3.8) is 0 Å². The molecule has 0 saturated heterocycles. The lowest BCUT2D eigenvalue weighted by Gasteiger charge is -2.07. The summed E-state index contributed by atoms with van der Waals surface area (Å²) in [6, 6.07) is 14.0. The summed E-state index contributed by atoms with van der Waals surface area (Å²) >= 11 is 2.64. The molecule has 0 atom stereocenters. The lowest BCUT2D eigenvalue weighted by molar-refractivity contribution is -0.115. The van der Waals surface area contributed by atoms with Crippen LogP contribution in [0.1, 0.15) is 11.1 Å². The van der Waals surface area contributed by atoms with Crippen molar-refractivity contribution >= 4 is 34.1 Å². The quantitative estimate of drug-likeness (QED) is 0.486. The molecule has 2 aromatic carbocycles. The van der Waals surface area contributed by atoms with Gasteiger partial charge in [0.25, 0.3) is 0 Å². The molecule has 0 bridgehead atoms. The van der Waals surface area contributed by atoms with Crippen molar-refractivity contribution < 1.29 is 13.9 Å². The van der Waals surface area contributed by atoms with Gasteiger partial charge in [-0.15, -0.1) is 10.2 Å². The summed E-state index contributed by atoms with van der Waals surface area (Å²) in [4.78, 5) is 12.2. The third-order valence-corrected chi connectivity index (χ3v) is 5.53. The molecule has 0 aliphatic heterocycles. The molecule has 0 fully saturated rings. The van der Waals surface area contributed by atoms with Crippen LogP contribution in [0.2, 0.25) is 0 Å². The third kappa shape index (κ3) is 4.80. The molecule has 26 heavy (non-hydrogen) atoms. The number of para-hydroxylation sites is 1. The highest BCUT2D eigenvalue weighted by atomic mass is 32.2. The van der Waals surface area contributed by atoms with E-state index in [9.17, 15) is 9.18 Å². The number of carbonyl (C=O) groups is 1. The first-order valence-corrected chi connectivity index (χ1v) is 9.57. The lowest BCUT2D eigenvalue weighted by atomic mass is 10.1. The van der Waals surface area contributed by atoms with E-state index in [1.165, 1.54) is 29.2 Å². The predicted octanol–water partition coefficient (Wildman–Crippen LogP) is 4.16. The van der Waals surface area contributed by atoms with Gasteiger partial charge in [0.05, 0.1) is 13.5 Å². The SMILES string of the molecule is COc1ccccc1CC(=O)Nc1nnc(SCc2ccccc2F)s1. The first-order chi connectivity index (χ1) is 12.7. The minimum absolute atomic E-state index is 0.182. The largest absolute Gasteiger partial charge is 0.496 e. The fraction of sp³-hybridized carbons (Fsp3) is 0.167. The molecule has 1 heterocycles. The van der Waals surface area contributed by atoms with Crippen LogP contribution in [0.4, 0.5) is 9.52 Å². The lowest BCUT2D eigenvalue weighted by Crippen LogP contribution is -2.14. The van der Waals surface area contributed by atoms with Gasteiger partial charge in [-0.3, -0.25) is 4.79 Å². The van der Waals surface area contributed by atoms with Gasteiger partial charge in [0.1, 0.15) is 11.6 Å². The van der Waals surface area contributed by atoms with Crippen molar-refractivity contribution in [2.45, 2.75) is 16.5 Å². The van der Waals surface area contributed by atoms with Crippen molar-refractivity contribution in [3.8, 4) is 5.75 Å². The molecule has 3 rings (SSSR count). The zero-order valence-corrected chi connectivity index (χ0v) is 15.6. The van der Waals surface area contributed by atoms with Crippen LogP contribution in [0.3, 0.4) is 0 Å². The summed E-state index contributed by atoms with van der Waals surface area (Å²) in [5.41, 5.74) is 1.40. The average molecular weight is 389 g/mol. The van der Waals surface area contributed by atoms with Gasteiger partial charge >= 0.3 is 0 Å². The van der Waals surface area contributed by atoms with Gasteiger partial charge in [-0.05, 0) is 17.7 Å². The molecule has 0 spiro atoms. The third-order valence-electron chi connectivity index (χ3n) is 3.51. The summed E-state index contributed by atoms with van der Waals surface area (Å²) in [5, 5.41) is 11.1. The molecule has 0 saturated carbocycles. The molecule has 1 N–H and O–H groups in total. The molecule has 0 aliphatic carbocycles. The Morgan fingerprint density at radius 3 is 2.65 bits per heavy atom. The molecular weight excluding hydrogens is 373 g/mol. The minimum Gasteiger partial charge on any atom is -0.496 e. The van der Waals surface area contributed by atoms with E-state index < -0.39 is 0 Å². The fourth-order valence-corrected chi connectivity index (χ4v) is 4.01. The van der Waals surface area contributed by atoms with E-state index >= 15 is 0 Å². The topological polar surface area (TPSA) is 64.1 Å². The van der Waals surface area contributed by atoms with E-state index in [0.717, 1.165) is 5.56 Å². The zero-order valence-electron chi connectivity index (χ0n) is 13.9. The second-order valence-electron chi connectivity index (χ2n) is 5.29. The maximum Gasteiger partial charge on any atom is 0.230 e. The number of nitrogens with one attached hydrogen (secondary N) is 1. The molecule has 134 valence electrons. The number of halogens is 1. The summed E-state index contributed by atoms with van der Waals surface area (Å²) in [6.07, 6.45) is 0.182. The van der Waals surface area contributed by atoms with E-state index in [4.69, 9.17) is 4.74 Å². The molecule has 0 radical (unpaired) electrons. The molecule has 1 aromatic heterocycles. The number of hydrogen-bond acceptors (Lipinski definition) is 6. The first-order valence-electron chi connectivity index (χ1n) is 7.77. The van der Waals surface area contributed by atoms with Crippen molar-refractivity contribution in [2.75, 3.05) is 12.4 Å². The average Bonchev–Trinajstić information content (AvgIpc) is 3.08. The molecule has 0 unspecified atom stereocenters. The Balaban J connectivity index is 1.56. The Morgan fingerprint density at radius 2 is 1.88 bits per heavy atom. The van der Waals surface area contributed by atoms with E-state index in [1.54, 1.807) is 25.3 Å². The van der Waals surface area contributed by atoms with Crippen LogP contribution in [0.25, 0.3) is 0 Å². The smallest absolute Gasteiger partial charge is 0.230 e. The van der Waals surface area contributed by atoms with Crippen molar-refractivity contribution in [3.05, 3.63) is 65.5 Å². The Labute approximate surface area is 158 Å². The summed E-state index contributed by atoms with van der Waals surface area (Å²) in [5.74, 6) is 0.684. The molecule has 8 heteroatoms. The van der Waals surface area contributed by atoms with Crippen LogP contribution in [0.5, 0.6) is 5.75 Å². The van der Waals surface area contributed by atoms with Crippen LogP contribution < -0.4 is 10.1 Å². The number of nitrogens with zero attached hydrogens (tertiary/aromatic N) is 2. The Bertz CT molecular complexity index is 901. The summed E-state index contributed by atoms with van der Waals surface area (Å²) < 4.78 is 19.5. The van der Waals surface area contributed by atoms with Gasteiger partial charge < -0.3 is 10.1 Å². The maximum absolute atomic E-state index is 13.6. The second-order valence-corrected chi connectivity index (χ2v) is 7.49. The molecule has 3 aromatic rings. The normalized spacial score (nSPS) is 10.5. The second kappa shape index (κ2) is 8.77. The Kier molecular flexibility index (Phi) is 6.19. The number of hydrogen-bond donors (Lipinski definition) is 1. The number of methoxy groups -OCH3 is 1. The van der Waals surface area contributed by atoms with Crippen molar-refractivity contribution in [1.82, 2.24) is 10.2 Å². The Hall–Kier alpha value is -2.45. The van der Waals surface area contributed by atoms with Crippen LogP contribution >= 0.6 is 23.1 Å². The minimum atomic E-state index is -0.241. The van der Waals surface area contributed by atoms with Crippen LogP contribution in [0.15, 0.2) is 52.9 Å². The maximum atomic E-state index is 13.6. The highest BCUT2D eigenvalue weighted by Crippen LogP contribution is 2.29. The van der Waals surface area contributed by atoms with Crippen LogP contribution in [0, 0.1) is 5.82 Å². The van der Waals surface area contributed by atoms with E-state index in [2.05, 4.69) is 15.5 Å². The fourth-order valence-electron chi connectivity index (χ4n) is 2.26. The highest BCUT2D eigenvalue weighted by Gasteiger charge is 2.12. The molecule has 0 aliphatic rings. The standard InChI is InChI=1S/C18H16FN3O2S2/c1-24-15-9-5-3-6-12(15)10-16(23)20-17-21-22-18(26-17)25-11-13-7-2-4-8-14(13)19/h2-9H,10-11H2,1H3,(H,20,21,23). The van der Waals surface area contributed by atoms with Gasteiger partial charge in [0, 0.05) is 11.3 Å².